The summed E-state index contributed by atoms with van der Waals surface area (Å²) in [5.74, 6) is 0.285. The summed E-state index contributed by atoms with van der Waals surface area (Å²) in [4.78, 5) is 12.3. The monoisotopic (exact) mass is 567 g/mol. The predicted octanol–water partition coefficient (Wildman–Crippen LogP) is 3.01. The summed E-state index contributed by atoms with van der Waals surface area (Å²) in [5, 5.41) is 13.3. The van der Waals surface area contributed by atoms with Gasteiger partial charge in [-0.2, -0.15) is 0 Å². The van der Waals surface area contributed by atoms with Crippen LogP contribution in [0.4, 0.5) is 5.82 Å². The zero-order chi connectivity index (χ0) is 25.5. The lowest BCUT2D eigenvalue weighted by atomic mass is 10.2. The smallest absolute Gasteiger partial charge is 0.261 e. The summed E-state index contributed by atoms with van der Waals surface area (Å²) < 4.78 is 15.1. The molecule has 1 fully saturated rings. The first-order valence-electron chi connectivity index (χ1n) is 11.9. The van der Waals surface area contributed by atoms with E-state index in [0.29, 0.717) is 17.8 Å². The van der Waals surface area contributed by atoms with E-state index in [1.807, 2.05) is 12.1 Å². The average molecular weight is 569 g/mol. The molecule has 3 heterocycles. The third kappa shape index (κ3) is 4.16. The van der Waals surface area contributed by atoms with Crippen LogP contribution in [0.5, 0.6) is 0 Å². The number of benzene rings is 2. The van der Waals surface area contributed by atoms with Gasteiger partial charge >= 0.3 is 0 Å². The van der Waals surface area contributed by atoms with Gasteiger partial charge in [-0.3, -0.25) is 4.57 Å². The normalized spacial score (nSPS) is 22.8. The molecule has 3 N–H and O–H groups in total. The highest BCUT2D eigenvalue weighted by Crippen LogP contribution is 2.40. The van der Waals surface area contributed by atoms with Crippen molar-refractivity contribution in [3.8, 4) is 0 Å². The van der Waals surface area contributed by atoms with E-state index in [1.54, 1.807) is 10.9 Å². The molecule has 36 heavy (non-hydrogen) atoms. The Kier molecular flexibility index (Phi) is 6.73. The second-order valence-corrected chi connectivity index (χ2v) is 15.4. The van der Waals surface area contributed by atoms with Crippen molar-refractivity contribution in [3.05, 3.63) is 73.3 Å². The van der Waals surface area contributed by atoms with E-state index in [1.165, 1.54) is 16.7 Å². The zero-order valence-electron chi connectivity index (χ0n) is 20.5. The number of hydrogen-bond donors (Lipinski definition) is 2. The molecule has 1 aliphatic rings. The van der Waals surface area contributed by atoms with Gasteiger partial charge in [0.25, 0.3) is 8.32 Å². The molecule has 10 heteroatoms. The summed E-state index contributed by atoms with van der Waals surface area (Å²) in [6.45, 7) is 7.01. The Balaban J connectivity index is 1.48. The van der Waals surface area contributed by atoms with Crippen LogP contribution in [0.25, 0.3) is 11.2 Å². The number of halogens is 1. The first-order valence-corrected chi connectivity index (χ1v) is 14.7. The van der Waals surface area contributed by atoms with Gasteiger partial charge in [-0.05, 0) is 15.4 Å². The molecule has 0 radical (unpaired) electrons. The number of aliphatic hydroxyl groups excluding tert-OH is 1. The van der Waals surface area contributed by atoms with Crippen molar-refractivity contribution in [1.29, 1.82) is 0 Å². The van der Waals surface area contributed by atoms with Crippen molar-refractivity contribution in [3.63, 3.8) is 0 Å². The predicted molar refractivity (Wildman–Crippen MR) is 146 cm³/mol. The number of nitrogen functional groups attached to an aromatic ring is 1. The summed E-state index contributed by atoms with van der Waals surface area (Å²) in [6.07, 6.45) is 1.03. The van der Waals surface area contributed by atoms with E-state index in [4.69, 9.17) is 14.9 Å². The van der Waals surface area contributed by atoms with Crippen LogP contribution in [0, 0.1) is 0 Å². The summed E-state index contributed by atoms with van der Waals surface area (Å²) in [7, 11) is -2.75. The van der Waals surface area contributed by atoms with Crippen LogP contribution in [0.3, 0.4) is 0 Å². The molecule has 1 aliphatic heterocycles. The summed E-state index contributed by atoms with van der Waals surface area (Å²) in [5.41, 5.74) is 6.94. The van der Waals surface area contributed by atoms with Crippen molar-refractivity contribution in [2.24, 2.45) is 0 Å². The number of anilines is 1. The van der Waals surface area contributed by atoms with Crippen LogP contribution in [0.15, 0.2) is 73.3 Å². The Labute approximate surface area is 219 Å². The van der Waals surface area contributed by atoms with Crippen LogP contribution in [-0.2, 0) is 9.16 Å². The number of hydrogen-bond acceptors (Lipinski definition) is 7. The number of fused-ring (bicyclic) bond motifs is 1. The molecule has 4 atom stereocenters. The summed E-state index contributed by atoms with van der Waals surface area (Å²) >= 11 is 3.67. The van der Waals surface area contributed by atoms with Crippen molar-refractivity contribution in [2.45, 2.75) is 49.1 Å². The standard InChI is InChI=1S/C26H30BrN5O3Si/c1-26(2,3)36(17-10-6-4-7-11-17,18-12-8-5-9-13-18)34-14-19-20(27)22(33)25(35-19)32-16-31-21-23(28)29-15-30-24(21)32/h4-13,15-16,19-20,22,25,33H,14H2,1-3H3,(H2,28,29,30)/t19?,20-,22+,25+/m0/s1. The molecular weight excluding hydrogens is 538 g/mol. The molecule has 0 amide bonds. The SMILES string of the molecule is CC(C)(C)[Si](OCC1O[C@@H](n2cnc3c(N)ncnc32)[C@H](O)[C@H]1Br)(c1ccccc1)c1ccccc1. The minimum Gasteiger partial charge on any atom is -0.405 e. The lowest BCUT2D eigenvalue weighted by Gasteiger charge is -2.43. The molecule has 0 bridgehead atoms. The fraction of sp³-hybridized carbons (Fsp3) is 0.346. The first kappa shape index (κ1) is 25.0. The van der Waals surface area contributed by atoms with E-state index >= 15 is 0 Å². The fourth-order valence-electron chi connectivity index (χ4n) is 5.10. The largest absolute Gasteiger partial charge is 0.405 e. The molecule has 4 aromatic rings. The molecular formula is C26H30BrN5O3Si. The average Bonchev–Trinajstić information content (AvgIpc) is 3.42. The Morgan fingerprint density at radius 2 is 1.64 bits per heavy atom. The molecule has 2 aromatic heterocycles. The number of alkyl halides is 1. The maximum Gasteiger partial charge on any atom is 0.261 e. The lowest BCUT2D eigenvalue weighted by molar-refractivity contribution is -0.0467. The maximum absolute atomic E-state index is 11.1. The Hall–Kier alpha value is -2.63. The second kappa shape index (κ2) is 9.68. The Morgan fingerprint density at radius 3 is 2.22 bits per heavy atom. The number of rotatable bonds is 6. The molecule has 1 saturated heterocycles. The van der Waals surface area contributed by atoms with Crippen molar-refractivity contribution >= 4 is 51.6 Å². The van der Waals surface area contributed by atoms with Gasteiger partial charge in [0, 0.05) is 0 Å². The molecule has 0 spiro atoms. The quantitative estimate of drug-likeness (QED) is 0.272. The molecule has 1 unspecified atom stereocenters. The number of ether oxygens (including phenoxy) is 1. The molecule has 0 saturated carbocycles. The van der Waals surface area contributed by atoms with Gasteiger partial charge in [-0.1, -0.05) is 97.4 Å². The Bertz CT molecular complexity index is 1290. The third-order valence-corrected chi connectivity index (χ3v) is 13.0. The van der Waals surface area contributed by atoms with Crippen molar-refractivity contribution < 1.29 is 14.3 Å². The van der Waals surface area contributed by atoms with Crippen LogP contribution in [-0.4, -0.2) is 56.6 Å². The number of nitrogens with zero attached hydrogens (tertiary/aromatic N) is 4. The molecule has 8 nitrogen and oxygen atoms in total. The highest BCUT2D eigenvalue weighted by Gasteiger charge is 2.52. The first-order chi connectivity index (χ1) is 17.2. The van der Waals surface area contributed by atoms with E-state index in [0.717, 1.165) is 0 Å². The van der Waals surface area contributed by atoms with Crippen LogP contribution in [0.2, 0.25) is 5.04 Å². The second-order valence-electron chi connectivity index (χ2n) is 10.1. The minimum absolute atomic E-state index is 0.164. The topological polar surface area (TPSA) is 108 Å². The van der Waals surface area contributed by atoms with Crippen molar-refractivity contribution in [2.75, 3.05) is 12.3 Å². The molecule has 188 valence electrons. The van der Waals surface area contributed by atoms with Gasteiger partial charge in [0.15, 0.2) is 17.7 Å². The molecule has 5 rings (SSSR count). The van der Waals surface area contributed by atoms with Gasteiger partial charge in [-0.25, -0.2) is 15.0 Å². The highest BCUT2D eigenvalue weighted by atomic mass is 79.9. The van der Waals surface area contributed by atoms with Crippen molar-refractivity contribution in [1.82, 2.24) is 19.5 Å². The van der Waals surface area contributed by atoms with Crippen LogP contribution < -0.4 is 16.1 Å². The Morgan fingerprint density at radius 1 is 1.03 bits per heavy atom. The fourth-order valence-corrected chi connectivity index (χ4v) is 10.2. The number of nitrogens with two attached hydrogens (primary N) is 1. The van der Waals surface area contributed by atoms with Crippen LogP contribution >= 0.6 is 15.9 Å². The van der Waals surface area contributed by atoms with E-state index in [-0.39, 0.29) is 15.7 Å². The highest BCUT2D eigenvalue weighted by molar-refractivity contribution is 9.09. The summed E-state index contributed by atoms with van der Waals surface area (Å²) in [6, 6.07) is 20.9. The number of aliphatic hydroxyl groups is 1. The minimum atomic E-state index is -2.75. The number of aromatic nitrogens is 4. The zero-order valence-corrected chi connectivity index (χ0v) is 23.0. The van der Waals surface area contributed by atoms with Gasteiger partial charge in [0.1, 0.15) is 17.9 Å². The van der Waals surface area contributed by atoms with Gasteiger partial charge in [-0.15, -0.1) is 0 Å². The van der Waals surface area contributed by atoms with E-state index in [2.05, 4.69) is 100 Å². The molecule has 2 aromatic carbocycles. The van der Waals surface area contributed by atoms with Gasteiger partial charge < -0.3 is 20.0 Å². The third-order valence-electron chi connectivity index (χ3n) is 6.83. The van der Waals surface area contributed by atoms with Crippen LogP contribution in [0.1, 0.15) is 27.0 Å². The van der Waals surface area contributed by atoms with E-state index in [9.17, 15) is 5.11 Å². The maximum atomic E-state index is 11.1. The molecule has 0 aliphatic carbocycles. The van der Waals surface area contributed by atoms with Gasteiger partial charge in [0.05, 0.1) is 23.9 Å². The van der Waals surface area contributed by atoms with Gasteiger partial charge in [0.2, 0.25) is 0 Å². The lowest BCUT2D eigenvalue weighted by Crippen LogP contribution is -2.67. The van der Waals surface area contributed by atoms with E-state index < -0.39 is 26.8 Å². The number of imidazole rings is 1.